The van der Waals surface area contributed by atoms with Crippen LogP contribution in [0.4, 0.5) is 4.79 Å². The van der Waals surface area contributed by atoms with Gasteiger partial charge in [-0.15, -0.1) is 5.10 Å². The van der Waals surface area contributed by atoms with E-state index in [1.54, 1.807) is 17.9 Å². The predicted octanol–water partition coefficient (Wildman–Crippen LogP) is 1.67. The summed E-state index contributed by atoms with van der Waals surface area (Å²) in [5.41, 5.74) is 0.819. The first-order valence-corrected chi connectivity index (χ1v) is 9.24. The number of carbonyl (C=O) groups excluding carboxylic acids is 2. The van der Waals surface area contributed by atoms with Crippen LogP contribution in [0.15, 0.2) is 18.5 Å². The second-order valence-electron chi connectivity index (χ2n) is 6.19. The van der Waals surface area contributed by atoms with Crippen LogP contribution in [-0.4, -0.2) is 70.0 Å². The van der Waals surface area contributed by atoms with Crippen LogP contribution in [0, 0.1) is 0 Å². The number of halogens is 1. The predicted molar refractivity (Wildman–Crippen MR) is 99.8 cm³/mol. The summed E-state index contributed by atoms with van der Waals surface area (Å²) >= 11 is 6.31. The van der Waals surface area contributed by atoms with Gasteiger partial charge in [-0.05, 0) is 36.3 Å². The van der Waals surface area contributed by atoms with Gasteiger partial charge in [-0.25, -0.2) is 4.79 Å². The van der Waals surface area contributed by atoms with Gasteiger partial charge in [0.15, 0.2) is 0 Å². The molecule has 0 aliphatic carbocycles. The van der Waals surface area contributed by atoms with Crippen molar-refractivity contribution in [3.8, 4) is 11.4 Å². The van der Waals surface area contributed by atoms with Crippen molar-refractivity contribution < 1.29 is 19.1 Å². The van der Waals surface area contributed by atoms with Crippen LogP contribution in [0.1, 0.15) is 30.1 Å². The average Bonchev–Trinajstić information content (AvgIpc) is 3.23. The highest BCUT2D eigenvalue weighted by Gasteiger charge is 2.26. The fourth-order valence-corrected chi connectivity index (χ4v) is 3.27. The number of carbonyl (C=O) groups is 2. The number of tetrazole rings is 1. The molecule has 0 radical (unpaired) electrons. The third-order valence-electron chi connectivity index (χ3n) is 4.47. The van der Waals surface area contributed by atoms with E-state index in [4.69, 9.17) is 21.1 Å². The molecule has 0 atom stereocenters. The Bertz CT molecular complexity index is 836. The molecule has 10 nitrogen and oxygen atoms in total. The van der Waals surface area contributed by atoms with Gasteiger partial charge in [0.1, 0.15) is 12.1 Å². The number of aromatic nitrogens is 4. The number of rotatable bonds is 5. The van der Waals surface area contributed by atoms with E-state index in [1.165, 1.54) is 24.2 Å². The number of nitrogens with one attached hydrogen (secondary N) is 1. The Labute approximate surface area is 166 Å². The maximum Gasteiger partial charge on any atom is 0.409 e. The summed E-state index contributed by atoms with van der Waals surface area (Å²) in [5.74, 6) is 0.0629. The normalized spacial score (nSPS) is 14.6. The first kappa shape index (κ1) is 19.9. The van der Waals surface area contributed by atoms with E-state index in [2.05, 4.69) is 20.8 Å². The fourth-order valence-electron chi connectivity index (χ4n) is 3.02. The Morgan fingerprint density at radius 2 is 2.07 bits per heavy atom. The minimum absolute atomic E-state index is 0.0548. The molecule has 0 spiro atoms. The van der Waals surface area contributed by atoms with Gasteiger partial charge in [-0.1, -0.05) is 11.6 Å². The molecular weight excluding hydrogens is 388 g/mol. The van der Waals surface area contributed by atoms with E-state index in [9.17, 15) is 9.59 Å². The number of amides is 2. The Hall–Kier alpha value is -2.88. The number of nitrogens with zero attached hydrogens (tertiary/aromatic N) is 5. The highest BCUT2D eigenvalue weighted by molar-refractivity contribution is 6.33. The quantitative estimate of drug-likeness (QED) is 0.800. The molecule has 0 saturated carbocycles. The lowest BCUT2D eigenvalue weighted by Crippen LogP contribution is -2.46. The Kier molecular flexibility index (Phi) is 6.30. The highest BCUT2D eigenvalue weighted by atomic mass is 35.5. The number of likely N-dealkylation sites (tertiary alicyclic amines) is 1. The lowest BCUT2D eigenvalue weighted by Gasteiger charge is -2.31. The van der Waals surface area contributed by atoms with Crippen molar-refractivity contribution in [2.45, 2.75) is 25.8 Å². The molecule has 1 aliphatic heterocycles. The van der Waals surface area contributed by atoms with Crippen LogP contribution in [0.2, 0.25) is 5.02 Å². The van der Waals surface area contributed by atoms with Gasteiger partial charge in [0.2, 0.25) is 0 Å². The molecule has 2 heterocycles. The van der Waals surface area contributed by atoms with Crippen molar-refractivity contribution >= 4 is 23.6 Å². The third-order valence-corrected chi connectivity index (χ3v) is 4.77. The first-order chi connectivity index (χ1) is 13.5. The topological polar surface area (TPSA) is 111 Å². The SMILES string of the molecule is CCOC(=O)N1CCC(NC(=O)c2cc(Cl)c(-n3cnnn3)cc2OC)CC1. The van der Waals surface area contributed by atoms with Crippen molar-refractivity contribution in [2.24, 2.45) is 0 Å². The molecule has 1 fully saturated rings. The second-order valence-corrected chi connectivity index (χ2v) is 6.60. The number of benzene rings is 1. The van der Waals surface area contributed by atoms with Gasteiger partial charge < -0.3 is 19.7 Å². The number of piperidine rings is 1. The molecule has 1 aromatic heterocycles. The average molecular weight is 409 g/mol. The summed E-state index contributed by atoms with van der Waals surface area (Å²) in [6.45, 7) is 3.17. The summed E-state index contributed by atoms with van der Waals surface area (Å²) in [6.07, 6.45) is 2.36. The zero-order valence-corrected chi connectivity index (χ0v) is 16.3. The maximum absolute atomic E-state index is 12.8. The number of ether oxygens (including phenoxy) is 2. The fraction of sp³-hybridized carbons (Fsp3) is 0.471. The van der Waals surface area contributed by atoms with Crippen molar-refractivity contribution in [1.82, 2.24) is 30.4 Å². The van der Waals surface area contributed by atoms with Crippen LogP contribution in [0.5, 0.6) is 5.75 Å². The van der Waals surface area contributed by atoms with E-state index in [1.807, 2.05) is 0 Å². The van der Waals surface area contributed by atoms with Crippen LogP contribution in [-0.2, 0) is 4.74 Å². The summed E-state index contributed by atoms with van der Waals surface area (Å²) in [6, 6.07) is 3.08. The first-order valence-electron chi connectivity index (χ1n) is 8.87. The molecule has 2 aromatic rings. The van der Waals surface area contributed by atoms with Crippen molar-refractivity contribution in [3.05, 3.63) is 29.0 Å². The van der Waals surface area contributed by atoms with Gasteiger partial charge in [0.25, 0.3) is 5.91 Å². The molecular formula is C17H21ClN6O4. The van der Waals surface area contributed by atoms with E-state index < -0.39 is 0 Å². The van der Waals surface area contributed by atoms with Gasteiger partial charge in [0.05, 0.1) is 30.0 Å². The lowest BCUT2D eigenvalue weighted by molar-refractivity contribution is 0.0858. The molecule has 3 rings (SSSR count). The molecule has 1 aromatic carbocycles. The van der Waals surface area contributed by atoms with E-state index in [0.29, 0.717) is 54.6 Å². The zero-order chi connectivity index (χ0) is 20.1. The Balaban J connectivity index is 1.68. The standard InChI is InChI=1S/C17H21ClN6O4/c1-3-28-17(26)23-6-4-11(5-7-23)20-16(25)12-8-13(18)14(9-15(12)27-2)24-10-19-21-22-24/h8-11H,3-7H2,1-2H3,(H,20,25). The monoisotopic (exact) mass is 408 g/mol. The smallest absolute Gasteiger partial charge is 0.409 e. The van der Waals surface area contributed by atoms with Crippen LogP contribution in [0.25, 0.3) is 5.69 Å². The molecule has 11 heteroatoms. The lowest BCUT2D eigenvalue weighted by atomic mass is 10.0. The molecule has 1 saturated heterocycles. The molecule has 28 heavy (non-hydrogen) atoms. The van der Waals surface area contributed by atoms with E-state index in [-0.39, 0.29) is 18.0 Å². The second kappa shape index (κ2) is 8.87. The zero-order valence-electron chi connectivity index (χ0n) is 15.6. The van der Waals surface area contributed by atoms with E-state index >= 15 is 0 Å². The Morgan fingerprint density at radius 1 is 1.32 bits per heavy atom. The molecule has 0 unspecified atom stereocenters. The molecule has 1 aliphatic rings. The highest BCUT2D eigenvalue weighted by Crippen LogP contribution is 2.29. The maximum atomic E-state index is 12.8. The summed E-state index contributed by atoms with van der Waals surface area (Å²) in [4.78, 5) is 26.2. The van der Waals surface area contributed by atoms with Crippen LogP contribution in [0.3, 0.4) is 0 Å². The summed E-state index contributed by atoms with van der Waals surface area (Å²) in [5, 5.41) is 14.2. The molecule has 150 valence electrons. The Morgan fingerprint density at radius 3 is 2.68 bits per heavy atom. The van der Waals surface area contributed by atoms with Gasteiger partial charge in [-0.2, -0.15) is 4.68 Å². The summed E-state index contributed by atoms with van der Waals surface area (Å²) < 4.78 is 11.7. The largest absolute Gasteiger partial charge is 0.496 e. The van der Waals surface area contributed by atoms with Gasteiger partial charge in [-0.3, -0.25) is 4.79 Å². The van der Waals surface area contributed by atoms with Gasteiger partial charge >= 0.3 is 6.09 Å². The molecule has 0 bridgehead atoms. The van der Waals surface area contributed by atoms with Gasteiger partial charge in [0, 0.05) is 25.2 Å². The van der Waals surface area contributed by atoms with E-state index in [0.717, 1.165) is 0 Å². The van der Waals surface area contributed by atoms with Crippen molar-refractivity contribution in [2.75, 3.05) is 26.8 Å². The number of hydrogen-bond donors (Lipinski definition) is 1. The van der Waals surface area contributed by atoms with Crippen molar-refractivity contribution in [1.29, 1.82) is 0 Å². The minimum Gasteiger partial charge on any atom is -0.496 e. The third kappa shape index (κ3) is 4.33. The molecule has 1 N–H and O–H groups in total. The number of methoxy groups -OCH3 is 1. The molecule has 2 amide bonds. The van der Waals surface area contributed by atoms with Crippen LogP contribution >= 0.6 is 11.6 Å². The summed E-state index contributed by atoms with van der Waals surface area (Å²) in [7, 11) is 1.47. The van der Waals surface area contributed by atoms with Crippen LogP contribution < -0.4 is 10.1 Å². The van der Waals surface area contributed by atoms with Crippen molar-refractivity contribution in [3.63, 3.8) is 0 Å². The number of hydrogen-bond acceptors (Lipinski definition) is 7. The minimum atomic E-state index is -0.320.